The Morgan fingerprint density at radius 1 is 1.10 bits per heavy atom. The van der Waals surface area contributed by atoms with Crippen LogP contribution in [0.4, 0.5) is 16.4 Å². The predicted molar refractivity (Wildman–Crippen MR) is 118 cm³/mol. The largest absolute Gasteiger partial charge is 0.399 e. The number of benzene rings is 2. The molecule has 4 N–H and O–H groups in total. The first kappa shape index (κ1) is 20.5. The van der Waals surface area contributed by atoms with Crippen molar-refractivity contribution >= 4 is 51.3 Å². The van der Waals surface area contributed by atoms with Crippen molar-refractivity contribution in [2.45, 2.75) is 11.8 Å². The maximum absolute atomic E-state index is 12.6. The third-order valence-corrected chi connectivity index (χ3v) is 6.22. The van der Waals surface area contributed by atoms with Crippen molar-refractivity contribution in [2.24, 2.45) is 0 Å². The number of carbonyl (C=O) groups is 2. The van der Waals surface area contributed by atoms with Gasteiger partial charge in [-0.2, -0.15) is 5.26 Å². The molecule has 0 atom stereocenters. The molecule has 2 amide bonds. The smallest absolute Gasteiger partial charge is 0.266 e. The summed E-state index contributed by atoms with van der Waals surface area (Å²) in [7, 11) is 0. The number of nitriles is 1. The van der Waals surface area contributed by atoms with Crippen molar-refractivity contribution in [3.05, 3.63) is 70.6 Å². The first-order valence-electron chi connectivity index (χ1n) is 8.66. The molecule has 0 aliphatic rings. The van der Waals surface area contributed by atoms with Crippen molar-refractivity contribution < 1.29 is 9.59 Å². The minimum atomic E-state index is -0.313. The van der Waals surface area contributed by atoms with Crippen LogP contribution in [0.15, 0.2) is 59.5 Å². The lowest BCUT2D eigenvalue weighted by Gasteiger charge is -2.04. The van der Waals surface area contributed by atoms with E-state index in [1.807, 2.05) is 30.3 Å². The van der Waals surface area contributed by atoms with E-state index in [-0.39, 0.29) is 17.6 Å². The van der Waals surface area contributed by atoms with Crippen molar-refractivity contribution in [2.75, 3.05) is 22.1 Å². The number of para-hydroxylation sites is 1. The van der Waals surface area contributed by atoms with Gasteiger partial charge in [0.15, 0.2) is 0 Å². The van der Waals surface area contributed by atoms with Gasteiger partial charge < -0.3 is 16.4 Å². The molecule has 146 valence electrons. The molecule has 0 aliphatic carbocycles. The number of anilines is 3. The van der Waals surface area contributed by atoms with Gasteiger partial charge in [-0.15, -0.1) is 23.1 Å². The summed E-state index contributed by atoms with van der Waals surface area (Å²) >= 11 is 2.46. The van der Waals surface area contributed by atoms with Gasteiger partial charge >= 0.3 is 0 Å². The monoisotopic (exact) mass is 422 g/mol. The number of nitrogens with two attached hydrogens (primary N) is 1. The number of thioether (sulfide) groups is 1. The van der Waals surface area contributed by atoms with E-state index in [1.54, 1.807) is 31.2 Å². The minimum absolute atomic E-state index is 0.178. The van der Waals surface area contributed by atoms with Gasteiger partial charge in [-0.3, -0.25) is 9.59 Å². The van der Waals surface area contributed by atoms with Gasteiger partial charge in [0.1, 0.15) is 11.1 Å². The van der Waals surface area contributed by atoms with E-state index in [4.69, 9.17) is 5.73 Å². The van der Waals surface area contributed by atoms with E-state index in [9.17, 15) is 14.9 Å². The summed E-state index contributed by atoms with van der Waals surface area (Å²) in [4.78, 5) is 26.3. The average molecular weight is 423 g/mol. The fraction of sp³-hybridized carbons (Fsp3) is 0.0952. The molecular weight excluding hydrogens is 404 g/mol. The van der Waals surface area contributed by atoms with Crippen LogP contribution in [0, 0.1) is 18.3 Å². The van der Waals surface area contributed by atoms with Gasteiger partial charge in [0, 0.05) is 16.3 Å². The van der Waals surface area contributed by atoms with Gasteiger partial charge in [-0.05, 0) is 48.9 Å². The maximum Gasteiger partial charge on any atom is 0.266 e. The zero-order valence-electron chi connectivity index (χ0n) is 15.6. The van der Waals surface area contributed by atoms with Crippen LogP contribution in [0.1, 0.15) is 20.8 Å². The Morgan fingerprint density at radius 3 is 2.45 bits per heavy atom. The second-order valence-corrected chi connectivity index (χ2v) is 8.17. The molecule has 0 spiro atoms. The number of hydrogen-bond donors (Lipinski definition) is 3. The van der Waals surface area contributed by atoms with E-state index >= 15 is 0 Å². The molecule has 0 saturated carbocycles. The molecule has 0 bridgehead atoms. The number of nitrogen functional groups attached to an aromatic ring is 1. The van der Waals surface area contributed by atoms with Gasteiger partial charge in [-0.25, -0.2) is 0 Å². The molecule has 3 aromatic rings. The van der Waals surface area contributed by atoms with Crippen molar-refractivity contribution in [3.63, 3.8) is 0 Å². The molecule has 0 saturated heterocycles. The molecule has 2 aromatic carbocycles. The average Bonchev–Trinajstić information content (AvgIpc) is 3.03. The van der Waals surface area contributed by atoms with Gasteiger partial charge in [0.2, 0.25) is 5.91 Å². The van der Waals surface area contributed by atoms with Gasteiger partial charge in [0.05, 0.1) is 16.2 Å². The third-order valence-electron chi connectivity index (χ3n) is 4.00. The lowest BCUT2D eigenvalue weighted by molar-refractivity contribution is -0.113. The molecular formula is C21H18N4O2S2. The zero-order valence-corrected chi connectivity index (χ0v) is 17.2. The number of nitrogens with one attached hydrogen (secondary N) is 2. The van der Waals surface area contributed by atoms with Crippen LogP contribution in [0.2, 0.25) is 0 Å². The SMILES string of the molecule is Cc1c(C(=O)Nc2ccccc2)sc(NC(=O)CSc2ccc(N)cc2)c1C#N. The lowest BCUT2D eigenvalue weighted by Crippen LogP contribution is -2.13. The Bertz CT molecular complexity index is 1070. The van der Waals surface area contributed by atoms with Crippen LogP contribution in [0.5, 0.6) is 0 Å². The van der Waals surface area contributed by atoms with Crippen LogP contribution >= 0.6 is 23.1 Å². The highest BCUT2D eigenvalue weighted by molar-refractivity contribution is 8.00. The highest BCUT2D eigenvalue weighted by Gasteiger charge is 2.21. The molecule has 29 heavy (non-hydrogen) atoms. The summed E-state index contributed by atoms with van der Waals surface area (Å²) < 4.78 is 0. The third kappa shape index (κ3) is 5.16. The fourth-order valence-corrected chi connectivity index (χ4v) is 4.30. The first-order valence-corrected chi connectivity index (χ1v) is 10.5. The Kier molecular flexibility index (Phi) is 6.54. The molecule has 0 aliphatic heterocycles. The number of carbonyl (C=O) groups excluding carboxylic acids is 2. The van der Waals surface area contributed by atoms with Crippen molar-refractivity contribution in [1.82, 2.24) is 0 Å². The van der Waals surface area contributed by atoms with Gasteiger partial charge in [-0.1, -0.05) is 18.2 Å². The standard InChI is InChI=1S/C21H18N4O2S2/c1-13-17(11-22)21(25-18(26)12-28-16-9-7-14(23)8-10-16)29-19(13)20(27)24-15-5-3-2-4-6-15/h2-10H,12,23H2,1H3,(H,24,27)(H,25,26). The van der Waals surface area contributed by atoms with Gasteiger partial charge in [0.25, 0.3) is 5.91 Å². The Morgan fingerprint density at radius 2 is 1.79 bits per heavy atom. The van der Waals surface area contributed by atoms with E-state index < -0.39 is 0 Å². The second-order valence-electron chi connectivity index (χ2n) is 6.10. The summed E-state index contributed by atoms with van der Waals surface area (Å²) in [6, 6.07) is 18.4. The fourth-order valence-electron chi connectivity index (χ4n) is 2.54. The van der Waals surface area contributed by atoms with Crippen LogP contribution < -0.4 is 16.4 Å². The van der Waals surface area contributed by atoms with Crippen molar-refractivity contribution in [1.29, 1.82) is 5.26 Å². The Labute approximate surface area is 176 Å². The molecule has 3 rings (SSSR count). The predicted octanol–water partition coefficient (Wildman–Crippen LogP) is 4.49. The number of rotatable bonds is 6. The summed E-state index contributed by atoms with van der Waals surface area (Å²) in [6.07, 6.45) is 0. The van der Waals surface area contributed by atoms with Crippen LogP contribution in [0.25, 0.3) is 0 Å². The van der Waals surface area contributed by atoms with Crippen LogP contribution in [0.3, 0.4) is 0 Å². The molecule has 0 fully saturated rings. The van der Waals surface area contributed by atoms with E-state index in [1.165, 1.54) is 11.8 Å². The van der Waals surface area contributed by atoms with Crippen LogP contribution in [-0.2, 0) is 4.79 Å². The van der Waals surface area contributed by atoms with Crippen molar-refractivity contribution in [3.8, 4) is 6.07 Å². The highest BCUT2D eigenvalue weighted by Crippen LogP contribution is 2.33. The summed E-state index contributed by atoms with van der Waals surface area (Å²) in [5, 5.41) is 15.4. The number of thiophene rings is 1. The molecule has 0 radical (unpaired) electrons. The summed E-state index contributed by atoms with van der Waals surface area (Å²) in [5.41, 5.74) is 7.83. The molecule has 1 aromatic heterocycles. The highest BCUT2D eigenvalue weighted by atomic mass is 32.2. The normalized spacial score (nSPS) is 10.2. The summed E-state index contributed by atoms with van der Waals surface area (Å²) in [5.74, 6) is -0.386. The Hall–Kier alpha value is -3.28. The number of nitrogens with zero attached hydrogens (tertiary/aromatic N) is 1. The van der Waals surface area contributed by atoms with Crippen LogP contribution in [-0.4, -0.2) is 17.6 Å². The van der Waals surface area contributed by atoms with E-state index in [2.05, 4.69) is 16.7 Å². The topological polar surface area (TPSA) is 108 Å². The molecule has 1 heterocycles. The quantitative estimate of drug-likeness (QED) is 0.401. The maximum atomic E-state index is 12.6. The minimum Gasteiger partial charge on any atom is -0.399 e. The summed E-state index contributed by atoms with van der Waals surface area (Å²) in [6.45, 7) is 1.70. The molecule has 8 heteroatoms. The van der Waals surface area contributed by atoms with E-state index in [0.717, 1.165) is 16.2 Å². The second kappa shape index (κ2) is 9.28. The molecule has 0 unspecified atom stereocenters. The number of amides is 2. The zero-order chi connectivity index (χ0) is 20.8. The van der Waals surface area contributed by atoms with E-state index in [0.29, 0.717) is 32.4 Å². The molecule has 6 nitrogen and oxygen atoms in total. The lowest BCUT2D eigenvalue weighted by atomic mass is 10.1. The number of hydrogen-bond acceptors (Lipinski definition) is 6. The first-order chi connectivity index (χ1) is 14.0. The Balaban J connectivity index is 1.69.